The van der Waals surface area contributed by atoms with Gasteiger partial charge in [-0.05, 0) is 0 Å². The molecule has 3 aromatic carbocycles. The van der Waals surface area contributed by atoms with Gasteiger partial charge in [0.25, 0.3) is 5.69 Å². The van der Waals surface area contributed by atoms with E-state index in [0.29, 0.717) is 5.56 Å². The molecule has 0 radical (unpaired) electrons. The molecule has 0 aliphatic rings. The number of nitro benzene ring substituents is 1. The van der Waals surface area contributed by atoms with Gasteiger partial charge in [0.1, 0.15) is 5.71 Å². The van der Waals surface area contributed by atoms with Gasteiger partial charge in [0, 0.05) is 28.8 Å². The van der Waals surface area contributed by atoms with Crippen molar-refractivity contribution < 1.29 is 4.92 Å². The van der Waals surface area contributed by atoms with Crippen LogP contribution in [0.1, 0.15) is 16.7 Å². The Hall–Kier alpha value is -3.60. The molecule has 0 unspecified atom stereocenters. The topological polar surface area (TPSA) is 67.9 Å². The number of non-ortho nitro benzene ring substituents is 1. The molecule has 0 atom stereocenters. The zero-order valence-electron chi connectivity index (χ0n) is 13.3. The van der Waals surface area contributed by atoms with Crippen LogP contribution >= 0.6 is 0 Å². The Bertz CT molecular complexity index is 878. The molecule has 0 aliphatic carbocycles. The molecule has 0 aromatic heterocycles. The molecule has 0 N–H and O–H groups in total. The number of hydrogen-bond acceptors (Lipinski definition) is 4. The van der Waals surface area contributed by atoms with E-state index in [9.17, 15) is 10.1 Å². The maximum Gasteiger partial charge on any atom is 0.270 e. The summed E-state index contributed by atoms with van der Waals surface area (Å²) in [6.07, 6.45) is 1.51. The van der Waals surface area contributed by atoms with Crippen molar-refractivity contribution >= 4 is 17.6 Å². The molecule has 3 rings (SSSR count). The first-order valence-electron chi connectivity index (χ1n) is 7.70. The maximum absolute atomic E-state index is 10.8. The molecule has 0 spiro atoms. The standard InChI is InChI=1S/C20H15N3O2/c24-23(25)19-13-7-8-16(14-19)15-21-22-20(17-9-3-1-4-10-17)18-11-5-2-6-12-18/h1-15H. The molecule has 0 bridgehead atoms. The van der Waals surface area contributed by atoms with Gasteiger partial charge in [-0.2, -0.15) is 5.10 Å². The van der Waals surface area contributed by atoms with E-state index in [0.717, 1.165) is 16.8 Å². The van der Waals surface area contributed by atoms with Crippen LogP contribution in [0, 0.1) is 10.1 Å². The van der Waals surface area contributed by atoms with E-state index in [2.05, 4.69) is 10.2 Å². The summed E-state index contributed by atoms with van der Waals surface area (Å²) in [5.74, 6) is 0. The van der Waals surface area contributed by atoms with Crippen LogP contribution in [0.5, 0.6) is 0 Å². The highest BCUT2D eigenvalue weighted by Crippen LogP contribution is 2.13. The van der Waals surface area contributed by atoms with Crippen LogP contribution in [0.4, 0.5) is 5.69 Å². The third-order valence-electron chi connectivity index (χ3n) is 3.54. The van der Waals surface area contributed by atoms with Crippen LogP contribution in [0.3, 0.4) is 0 Å². The predicted molar refractivity (Wildman–Crippen MR) is 99.2 cm³/mol. The smallest absolute Gasteiger partial charge is 0.258 e. The molecule has 0 saturated carbocycles. The van der Waals surface area contributed by atoms with Crippen LogP contribution in [0.25, 0.3) is 0 Å². The van der Waals surface area contributed by atoms with Gasteiger partial charge in [-0.15, -0.1) is 5.10 Å². The van der Waals surface area contributed by atoms with Gasteiger partial charge in [0.15, 0.2) is 0 Å². The average molecular weight is 329 g/mol. The van der Waals surface area contributed by atoms with Crippen LogP contribution in [0.15, 0.2) is 95.1 Å². The van der Waals surface area contributed by atoms with Gasteiger partial charge in [-0.25, -0.2) is 0 Å². The van der Waals surface area contributed by atoms with Gasteiger partial charge in [-0.3, -0.25) is 10.1 Å². The van der Waals surface area contributed by atoms with Crippen molar-refractivity contribution in [1.29, 1.82) is 0 Å². The molecule has 25 heavy (non-hydrogen) atoms. The Morgan fingerprint density at radius 2 is 1.44 bits per heavy atom. The van der Waals surface area contributed by atoms with E-state index in [1.54, 1.807) is 12.1 Å². The molecule has 0 heterocycles. The molecular weight excluding hydrogens is 314 g/mol. The second-order valence-electron chi connectivity index (χ2n) is 5.28. The summed E-state index contributed by atoms with van der Waals surface area (Å²) in [7, 11) is 0. The van der Waals surface area contributed by atoms with Crippen molar-refractivity contribution in [3.8, 4) is 0 Å². The summed E-state index contributed by atoms with van der Waals surface area (Å²) in [5, 5.41) is 19.3. The number of nitrogens with zero attached hydrogens (tertiary/aromatic N) is 3. The zero-order valence-corrected chi connectivity index (χ0v) is 13.3. The fourth-order valence-electron chi connectivity index (χ4n) is 2.35. The maximum atomic E-state index is 10.8. The minimum atomic E-state index is -0.431. The van der Waals surface area contributed by atoms with Gasteiger partial charge in [-0.1, -0.05) is 72.8 Å². The quantitative estimate of drug-likeness (QED) is 0.394. The Labute approximate surface area is 145 Å². The second kappa shape index (κ2) is 7.79. The lowest BCUT2D eigenvalue weighted by molar-refractivity contribution is -0.384. The molecule has 3 aromatic rings. The fraction of sp³-hybridized carbons (Fsp3) is 0. The van der Waals surface area contributed by atoms with Gasteiger partial charge < -0.3 is 0 Å². The van der Waals surface area contributed by atoms with Crippen LogP contribution < -0.4 is 0 Å². The summed E-state index contributed by atoms with van der Waals surface area (Å²) in [4.78, 5) is 10.4. The van der Waals surface area contributed by atoms with Crippen molar-refractivity contribution in [2.75, 3.05) is 0 Å². The van der Waals surface area contributed by atoms with Crippen LogP contribution in [0.2, 0.25) is 0 Å². The molecule has 5 heteroatoms. The summed E-state index contributed by atoms with van der Waals surface area (Å²) in [5.41, 5.74) is 3.29. The first kappa shape index (κ1) is 16.3. The van der Waals surface area contributed by atoms with E-state index >= 15 is 0 Å². The SMILES string of the molecule is O=[N+]([O-])c1cccc(C=NN=C(c2ccccc2)c2ccccc2)c1. The summed E-state index contributed by atoms with van der Waals surface area (Å²) < 4.78 is 0. The first-order chi connectivity index (χ1) is 12.2. The lowest BCUT2D eigenvalue weighted by atomic mass is 10.0. The van der Waals surface area contributed by atoms with Gasteiger partial charge >= 0.3 is 0 Å². The Balaban J connectivity index is 1.94. The predicted octanol–water partition coefficient (Wildman–Crippen LogP) is 4.47. The minimum absolute atomic E-state index is 0.0271. The van der Waals surface area contributed by atoms with Crippen molar-refractivity contribution in [3.05, 3.63) is 112 Å². The third-order valence-corrected chi connectivity index (χ3v) is 3.54. The highest BCUT2D eigenvalue weighted by atomic mass is 16.6. The normalized spacial score (nSPS) is 10.6. The molecular formula is C20H15N3O2. The number of nitro groups is 1. The summed E-state index contributed by atoms with van der Waals surface area (Å²) in [6, 6.07) is 25.8. The molecule has 0 amide bonds. The fourth-order valence-corrected chi connectivity index (χ4v) is 2.35. The average Bonchev–Trinajstić information content (AvgIpc) is 2.67. The van der Waals surface area contributed by atoms with E-state index < -0.39 is 4.92 Å². The lowest BCUT2D eigenvalue weighted by Gasteiger charge is -2.05. The number of benzene rings is 3. The van der Waals surface area contributed by atoms with Crippen molar-refractivity contribution in [2.24, 2.45) is 10.2 Å². The monoisotopic (exact) mass is 329 g/mol. The van der Waals surface area contributed by atoms with Gasteiger partial charge in [0.05, 0.1) is 11.1 Å². The molecule has 0 aliphatic heterocycles. The van der Waals surface area contributed by atoms with Crippen molar-refractivity contribution in [2.45, 2.75) is 0 Å². The van der Waals surface area contributed by atoms with Crippen LogP contribution in [-0.4, -0.2) is 16.8 Å². The number of rotatable bonds is 5. The summed E-state index contributed by atoms with van der Waals surface area (Å²) in [6.45, 7) is 0. The Kier molecular flexibility index (Phi) is 5.07. The molecule has 5 nitrogen and oxygen atoms in total. The largest absolute Gasteiger partial charge is 0.270 e. The van der Waals surface area contributed by atoms with E-state index in [4.69, 9.17) is 0 Å². The lowest BCUT2D eigenvalue weighted by Crippen LogP contribution is -2.02. The molecule has 0 saturated heterocycles. The van der Waals surface area contributed by atoms with E-state index in [1.807, 2.05) is 60.7 Å². The first-order valence-corrected chi connectivity index (χ1v) is 7.70. The second-order valence-corrected chi connectivity index (χ2v) is 5.28. The van der Waals surface area contributed by atoms with Crippen LogP contribution in [-0.2, 0) is 0 Å². The molecule has 122 valence electrons. The van der Waals surface area contributed by atoms with E-state index in [-0.39, 0.29) is 5.69 Å². The zero-order chi connectivity index (χ0) is 17.5. The summed E-state index contributed by atoms with van der Waals surface area (Å²) >= 11 is 0. The van der Waals surface area contributed by atoms with Crippen molar-refractivity contribution in [1.82, 2.24) is 0 Å². The minimum Gasteiger partial charge on any atom is -0.258 e. The Morgan fingerprint density at radius 1 is 0.840 bits per heavy atom. The van der Waals surface area contributed by atoms with Gasteiger partial charge in [0.2, 0.25) is 0 Å². The molecule has 0 fully saturated rings. The van der Waals surface area contributed by atoms with Crippen molar-refractivity contribution in [3.63, 3.8) is 0 Å². The highest BCUT2D eigenvalue weighted by molar-refractivity contribution is 6.12. The third kappa shape index (κ3) is 4.23. The number of hydrogen-bond donors (Lipinski definition) is 0. The van der Waals surface area contributed by atoms with E-state index in [1.165, 1.54) is 18.3 Å². The Morgan fingerprint density at radius 3 is 2.00 bits per heavy atom. The highest BCUT2D eigenvalue weighted by Gasteiger charge is 2.06.